The lowest BCUT2D eigenvalue weighted by molar-refractivity contribution is -0.144. The maximum absolute atomic E-state index is 11.4. The second kappa shape index (κ2) is 4.75. The van der Waals surface area contributed by atoms with Crippen LogP contribution >= 0.6 is 0 Å². The number of carboxylic acid groups (broad SMARTS) is 1. The van der Waals surface area contributed by atoms with Gasteiger partial charge in [0.05, 0.1) is 5.92 Å². The van der Waals surface area contributed by atoms with Crippen LogP contribution in [-0.2, 0) is 11.3 Å². The molecule has 1 heterocycles. The van der Waals surface area contributed by atoms with Gasteiger partial charge in [0, 0.05) is 24.9 Å². The largest absolute Gasteiger partial charge is 0.481 e. The van der Waals surface area contributed by atoms with Gasteiger partial charge in [-0.05, 0) is 31.6 Å². The number of aryl methyl sites for hydroxylation is 1. The van der Waals surface area contributed by atoms with Gasteiger partial charge in [0.15, 0.2) is 0 Å². The molecular weight excluding hydrogens is 228 g/mol. The number of carbonyl (C=O) groups is 1. The van der Waals surface area contributed by atoms with Crippen LogP contribution in [0.4, 0.5) is 0 Å². The Morgan fingerprint density at radius 1 is 1.61 bits per heavy atom. The minimum absolute atomic E-state index is 0.0428. The fourth-order valence-corrected chi connectivity index (χ4v) is 3.07. The first-order valence-corrected chi connectivity index (χ1v) is 6.68. The Balaban J connectivity index is 2.33. The molecule has 1 aliphatic rings. The van der Waals surface area contributed by atoms with Gasteiger partial charge in [-0.2, -0.15) is 0 Å². The van der Waals surface area contributed by atoms with Gasteiger partial charge in [-0.3, -0.25) is 4.79 Å². The molecule has 1 N–H and O–H groups in total. The second-order valence-corrected chi connectivity index (χ2v) is 6.03. The summed E-state index contributed by atoms with van der Waals surface area (Å²) in [6.07, 6.45) is 6.35. The summed E-state index contributed by atoms with van der Waals surface area (Å²) in [5.74, 6) is 0.0192. The number of nitrogens with zero attached hydrogens (tertiary/aromatic N) is 2. The monoisotopic (exact) mass is 250 g/mol. The lowest BCUT2D eigenvalue weighted by Gasteiger charge is -2.38. The molecule has 100 valence electrons. The molecule has 2 atom stereocenters. The van der Waals surface area contributed by atoms with Gasteiger partial charge in [-0.15, -0.1) is 0 Å². The molecule has 0 aliphatic heterocycles. The zero-order chi connectivity index (χ0) is 13.3. The van der Waals surface area contributed by atoms with Crippen molar-refractivity contribution in [1.82, 2.24) is 9.55 Å². The van der Waals surface area contributed by atoms with E-state index in [1.165, 1.54) is 0 Å². The van der Waals surface area contributed by atoms with Crippen LogP contribution in [0.2, 0.25) is 0 Å². The minimum atomic E-state index is -0.679. The zero-order valence-electron chi connectivity index (χ0n) is 11.4. The number of hydrogen-bond acceptors (Lipinski definition) is 2. The van der Waals surface area contributed by atoms with Crippen LogP contribution in [-0.4, -0.2) is 20.6 Å². The van der Waals surface area contributed by atoms with Crippen molar-refractivity contribution < 1.29 is 9.90 Å². The molecule has 0 aromatic carbocycles. The minimum Gasteiger partial charge on any atom is -0.481 e. The smallest absolute Gasteiger partial charge is 0.307 e. The zero-order valence-corrected chi connectivity index (χ0v) is 11.4. The maximum Gasteiger partial charge on any atom is 0.307 e. The molecule has 4 nitrogen and oxygen atoms in total. The van der Waals surface area contributed by atoms with Crippen molar-refractivity contribution in [2.75, 3.05) is 0 Å². The van der Waals surface area contributed by atoms with Crippen LogP contribution in [0, 0.1) is 11.3 Å². The summed E-state index contributed by atoms with van der Waals surface area (Å²) in [4.78, 5) is 15.8. The van der Waals surface area contributed by atoms with E-state index in [9.17, 15) is 9.90 Å². The summed E-state index contributed by atoms with van der Waals surface area (Å²) in [5.41, 5.74) is 0.209. The van der Waals surface area contributed by atoms with Crippen LogP contribution in [0.1, 0.15) is 51.8 Å². The molecular formula is C14H22N2O2. The summed E-state index contributed by atoms with van der Waals surface area (Å²) in [6.45, 7) is 7.35. The fraction of sp³-hybridized carbons (Fsp3) is 0.714. The van der Waals surface area contributed by atoms with Crippen molar-refractivity contribution in [2.24, 2.45) is 11.3 Å². The van der Waals surface area contributed by atoms with Crippen molar-refractivity contribution in [2.45, 2.75) is 52.5 Å². The molecule has 1 fully saturated rings. The standard InChI is InChI=1S/C14H22N2O2/c1-4-16-8-7-15-12(16)11-9-14(2,3)6-5-10(11)13(17)18/h7-8,10-11H,4-6,9H2,1-3H3,(H,17,18). The molecule has 0 radical (unpaired) electrons. The number of aromatic nitrogens is 2. The molecule has 1 aromatic heterocycles. The molecule has 0 amide bonds. The van der Waals surface area contributed by atoms with Gasteiger partial charge in [0.2, 0.25) is 0 Å². The van der Waals surface area contributed by atoms with Crippen LogP contribution in [0.15, 0.2) is 12.4 Å². The van der Waals surface area contributed by atoms with E-state index in [0.717, 1.165) is 31.6 Å². The number of aliphatic carboxylic acids is 1. The average molecular weight is 250 g/mol. The molecule has 0 saturated heterocycles. The Morgan fingerprint density at radius 2 is 2.33 bits per heavy atom. The van der Waals surface area contributed by atoms with Crippen molar-refractivity contribution in [3.63, 3.8) is 0 Å². The highest BCUT2D eigenvalue weighted by molar-refractivity contribution is 5.71. The van der Waals surface area contributed by atoms with E-state index < -0.39 is 5.97 Å². The second-order valence-electron chi connectivity index (χ2n) is 6.03. The Bertz CT molecular complexity index is 437. The molecule has 2 rings (SSSR count). The Labute approximate surface area is 108 Å². The molecule has 2 unspecified atom stereocenters. The predicted octanol–water partition coefficient (Wildman–Crippen LogP) is 2.90. The van der Waals surface area contributed by atoms with Gasteiger partial charge in [-0.1, -0.05) is 13.8 Å². The van der Waals surface area contributed by atoms with Gasteiger partial charge < -0.3 is 9.67 Å². The highest BCUT2D eigenvalue weighted by Gasteiger charge is 2.41. The molecule has 1 saturated carbocycles. The van der Waals surface area contributed by atoms with Gasteiger partial charge >= 0.3 is 5.97 Å². The van der Waals surface area contributed by atoms with Crippen molar-refractivity contribution in [3.05, 3.63) is 18.2 Å². The van der Waals surface area contributed by atoms with Crippen molar-refractivity contribution >= 4 is 5.97 Å². The average Bonchev–Trinajstić information content (AvgIpc) is 2.75. The number of carboxylic acids is 1. The lowest BCUT2D eigenvalue weighted by Crippen LogP contribution is -2.34. The number of imidazole rings is 1. The first kappa shape index (κ1) is 13.1. The lowest BCUT2D eigenvalue weighted by atomic mass is 9.67. The van der Waals surface area contributed by atoms with Crippen LogP contribution < -0.4 is 0 Å². The summed E-state index contributed by atoms with van der Waals surface area (Å²) in [5, 5.41) is 9.40. The molecule has 0 bridgehead atoms. The number of rotatable bonds is 3. The summed E-state index contributed by atoms with van der Waals surface area (Å²) in [7, 11) is 0. The first-order valence-electron chi connectivity index (χ1n) is 6.68. The van der Waals surface area contributed by atoms with Crippen LogP contribution in [0.3, 0.4) is 0 Å². The highest BCUT2D eigenvalue weighted by atomic mass is 16.4. The summed E-state index contributed by atoms with van der Waals surface area (Å²) < 4.78 is 2.07. The van der Waals surface area contributed by atoms with Crippen molar-refractivity contribution in [1.29, 1.82) is 0 Å². The van der Waals surface area contributed by atoms with E-state index in [1.54, 1.807) is 6.20 Å². The Morgan fingerprint density at radius 3 is 2.94 bits per heavy atom. The Kier molecular flexibility index (Phi) is 3.46. The quantitative estimate of drug-likeness (QED) is 0.897. The van der Waals surface area contributed by atoms with Gasteiger partial charge in [-0.25, -0.2) is 4.98 Å². The van der Waals surface area contributed by atoms with Crippen LogP contribution in [0.5, 0.6) is 0 Å². The van der Waals surface area contributed by atoms with Gasteiger partial charge in [0.1, 0.15) is 5.82 Å². The fourth-order valence-electron chi connectivity index (χ4n) is 3.07. The van der Waals surface area contributed by atoms with Gasteiger partial charge in [0.25, 0.3) is 0 Å². The topological polar surface area (TPSA) is 55.1 Å². The molecule has 1 aliphatic carbocycles. The van der Waals surface area contributed by atoms with E-state index in [4.69, 9.17) is 0 Å². The molecule has 18 heavy (non-hydrogen) atoms. The molecule has 1 aromatic rings. The van der Waals surface area contributed by atoms with E-state index in [1.807, 2.05) is 6.20 Å². The third-order valence-corrected chi connectivity index (χ3v) is 4.13. The number of hydrogen-bond donors (Lipinski definition) is 1. The third-order valence-electron chi connectivity index (χ3n) is 4.13. The highest BCUT2D eigenvalue weighted by Crippen LogP contribution is 2.46. The summed E-state index contributed by atoms with van der Waals surface area (Å²) in [6, 6.07) is 0. The maximum atomic E-state index is 11.4. The van der Waals surface area contributed by atoms with E-state index in [0.29, 0.717) is 0 Å². The van der Waals surface area contributed by atoms with E-state index >= 15 is 0 Å². The SMILES string of the molecule is CCn1ccnc1C1CC(C)(C)CCC1C(=O)O. The van der Waals surface area contributed by atoms with Crippen molar-refractivity contribution in [3.8, 4) is 0 Å². The first-order chi connectivity index (χ1) is 8.44. The summed E-state index contributed by atoms with van der Waals surface area (Å²) >= 11 is 0. The normalized spacial score (nSPS) is 27.1. The third kappa shape index (κ3) is 2.42. The Hall–Kier alpha value is -1.32. The van der Waals surface area contributed by atoms with E-state index in [2.05, 4.69) is 30.3 Å². The predicted molar refractivity (Wildman–Crippen MR) is 69.4 cm³/mol. The molecule has 4 heteroatoms. The van der Waals surface area contributed by atoms with Crippen LogP contribution in [0.25, 0.3) is 0 Å². The molecule has 0 spiro atoms. The van der Waals surface area contributed by atoms with E-state index in [-0.39, 0.29) is 17.3 Å².